The highest BCUT2D eigenvalue weighted by atomic mass is 35.5. The number of carbonyl (C=O) groups excluding carboxylic acids is 1. The van der Waals surface area contributed by atoms with Crippen molar-refractivity contribution in [3.63, 3.8) is 0 Å². The van der Waals surface area contributed by atoms with Gasteiger partial charge in [0.25, 0.3) is 0 Å². The summed E-state index contributed by atoms with van der Waals surface area (Å²) in [5.41, 5.74) is 3.14. The highest BCUT2D eigenvalue weighted by Gasteiger charge is 2.12. The fourth-order valence-corrected chi connectivity index (χ4v) is 2.99. The molecule has 1 heterocycles. The Balaban J connectivity index is 1.74. The zero-order valence-electron chi connectivity index (χ0n) is 14.1. The standard InChI is InChI=1S/C20H17Cl2N3O/c1-14-16(11-12-19(26)23-18-10-6-5-9-17(18)21)20(22)25(24-14)13-15-7-3-2-4-8-15/h2-12H,13H2,1H3,(H,23,26)/b12-11+. The van der Waals surface area contributed by atoms with Gasteiger partial charge in [-0.05, 0) is 30.7 Å². The van der Waals surface area contributed by atoms with E-state index >= 15 is 0 Å². The van der Waals surface area contributed by atoms with E-state index < -0.39 is 0 Å². The molecule has 0 bridgehead atoms. The number of rotatable bonds is 5. The second-order valence-electron chi connectivity index (χ2n) is 5.74. The molecular formula is C20H17Cl2N3O. The summed E-state index contributed by atoms with van der Waals surface area (Å²) in [4.78, 5) is 12.1. The summed E-state index contributed by atoms with van der Waals surface area (Å²) < 4.78 is 1.72. The number of nitrogens with one attached hydrogen (secondary N) is 1. The minimum absolute atomic E-state index is 0.288. The van der Waals surface area contributed by atoms with Crippen LogP contribution in [0.25, 0.3) is 6.08 Å². The van der Waals surface area contributed by atoms with Crippen LogP contribution in [0, 0.1) is 6.92 Å². The van der Waals surface area contributed by atoms with E-state index in [0.29, 0.717) is 22.4 Å². The first-order valence-corrected chi connectivity index (χ1v) is 8.80. The molecule has 1 N–H and O–H groups in total. The van der Waals surface area contributed by atoms with Crippen LogP contribution in [0.5, 0.6) is 0 Å². The predicted octanol–water partition coefficient (Wildman–Crippen LogP) is 5.20. The molecule has 6 heteroatoms. The summed E-state index contributed by atoms with van der Waals surface area (Å²) in [7, 11) is 0. The van der Waals surface area contributed by atoms with Gasteiger partial charge in [0.1, 0.15) is 5.15 Å². The molecule has 2 aromatic carbocycles. The molecule has 0 saturated carbocycles. The van der Waals surface area contributed by atoms with Crippen LogP contribution < -0.4 is 5.32 Å². The van der Waals surface area contributed by atoms with E-state index in [2.05, 4.69) is 10.4 Å². The molecule has 0 fully saturated rings. The van der Waals surface area contributed by atoms with E-state index in [1.807, 2.05) is 37.3 Å². The number of carbonyl (C=O) groups is 1. The van der Waals surface area contributed by atoms with Crippen LogP contribution in [0.4, 0.5) is 5.69 Å². The summed E-state index contributed by atoms with van der Waals surface area (Å²) in [6.07, 6.45) is 3.09. The molecule has 0 atom stereocenters. The fraction of sp³-hybridized carbons (Fsp3) is 0.100. The third-order valence-electron chi connectivity index (χ3n) is 3.82. The van der Waals surface area contributed by atoms with Crippen molar-refractivity contribution in [3.8, 4) is 0 Å². The first kappa shape index (κ1) is 18.2. The molecule has 0 saturated heterocycles. The van der Waals surface area contributed by atoms with Gasteiger partial charge in [0, 0.05) is 11.6 Å². The van der Waals surface area contributed by atoms with Crippen molar-refractivity contribution in [2.75, 3.05) is 5.32 Å². The van der Waals surface area contributed by atoms with E-state index in [9.17, 15) is 4.79 Å². The SMILES string of the molecule is Cc1nn(Cc2ccccc2)c(Cl)c1/C=C/C(=O)Nc1ccccc1Cl. The molecule has 0 aliphatic carbocycles. The molecule has 4 nitrogen and oxygen atoms in total. The van der Waals surface area contributed by atoms with Crippen LogP contribution in [0.15, 0.2) is 60.7 Å². The minimum atomic E-state index is -0.288. The minimum Gasteiger partial charge on any atom is -0.321 e. The van der Waals surface area contributed by atoms with Crippen LogP contribution in [-0.4, -0.2) is 15.7 Å². The van der Waals surface area contributed by atoms with Gasteiger partial charge in [-0.2, -0.15) is 5.10 Å². The topological polar surface area (TPSA) is 46.9 Å². The van der Waals surface area contributed by atoms with Gasteiger partial charge in [-0.15, -0.1) is 0 Å². The zero-order valence-corrected chi connectivity index (χ0v) is 15.6. The molecule has 3 aromatic rings. The summed E-state index contributed by atoms with van der Waals surface area (Å²) in [5.74, 6) is -0.288. The second kappa shape index (κ2) is 8.21. The first-order chi connectivity index (χ1) is 12.5. The molecule has 132 valence electrons. The summed E-state index contributed by atoms with van der Waals surface area (Å²) >= 11 is 12.5. The Morgan fingerprint density at radius 1 is 1.12 bits per heavy atom. The number of aryl methyl sites for hydroxylation is 1. The Kier molecular flexibility index (Phi) is 5.76. The highest BCUT2D eigenvalue weighted by Crippen LogP contribution is 2.23. The summed E-state index contributed by atoms with van der Waals surface area (Å²) in [6.45, 7) is 2.43. The van der Waals surface area contributed by atoms with E-state index in [-0.39, 0.29) is 5.91 Å². The van der Waals surface area contributed by atoms with Gasteiger partial charge in [0.15, 0.2) is 0 Å². The molecule has 0 radical (unpaired) electrons. The lowest BCUT2D eigenvalue weighted by Gasteiger charge is -2.04. The first-order valence-electron chi connectivity index (χ1n) is 8.05. The van der Waals surface area contributed by atoms with Crippen LogP contribution in [0.2, 0.25) is 10.2 Å². The largest absolute Gasteiger partial charge is 0.321 e. The van der Waals surface area contributed by atoms with Gasteiger partial charge >= 0.3 is 0 Å². The monoisotopic (exact) mass is 385 g/mol. The van der Waals surface area contributed by atoms with E-state index in [0.717, 1.165) is 16.8 Å². The van der Waals surface area contributed by atoms with Gasteiger partial charge in [0.05, 0.1) is 22.9 Å². The molecule has 1 aromatic heterocycles. The summed E-state index contributed by atoms with van der Waals surface area (Å²) in [5, 5.41) is 8.18. The average molecular weight is 386 g/mol. The van der Waals surface area contributed by atoms with Crippen LogP contribution in [-0.2, 0) is 11.3 Å². The maximum absolute atomic E-state index is 12.1. The van der Waals surface area contributed by atoms with Gasteiger partial charge in [-0.3, -0.25) is 4.79 Å². The number of aromatic nitrogens is 2. The second-order valence-corrected chi connectivity index (χ2v) is 6.50. The molecule has 26 heavy (non-hydrogen) atoms. The number of anilines is 1. The van der Waals surface area contributed by atoms with E-state index in [1.165, 1.54) is 6.08 Å². The van der Waals surface area contributed by atoms with Gasteiger partial charge in [0.2, 0.25) is 5.91 Å². The van der Waals surface area contributed by atoms with Crippen LogP contribution in [0.3, 0.4) is 0 Å². The highest BCUT2D eigenvalue weighted by molar-refractivity contribution is 6.34. The van der Waals surface area contributed by atoms with Crippen LogP contribution in [0.1, 0.15) is 16.8 Å². The lowest BCUT2D eigenvalue weighted by molar-refractivity contribution is -0.111. The fourth-order valence-electron chi connectivity index (χ4n) is 2.51. The van der Waals surface area contributed by atoms with Crippen molar-refractivity contribution >= 4 is 40.9 Å². The Bertz CT molecular complexity index is 949. The third-order valence-corrected chi connectivity index (χ3v) is 4.55. The van der Waals surface area contributed by atoms with Crippen molar-refractivity contribution in [1.29, 1.82) is 0 Å². The molecule has 1 amide bonds. The molecule has 0 aliphatic rings. The van der Waals surface area contributed by atoms with Crippen molar-refractivity contribution in [1.82, 2.24) is 9.78 Å². The van der Waals surface area contributed by atoms with Crippen molar-refractivity contribution < 1.29 is 4.79 Å². The van der Waals surface area contributed by atoms with Gasteiger partial charge in [-0.1, -0.05) is 65.7 Å². The maximum atomic E-state index is 12.1. The zero-order chi connectivity index (χ0) is 18.5. The number of hydrogen-bond acceptors (Lipinski definition) is 2. The average Bonchev–Trinajstić information content (AvgIpc) is 2.89. The molecule has 0 spiro atoms. The Morgan fingerprint density at radius 3 is 2.54 bits per heavy atom. The Hall–Kier alpha value is -2.56. The molecule has 3 rings (SSSR count). The van der Waals surface area contributed by atoms with Gasteiger partial charge in [-0.25, -0.2) is 4.68 Å². The normalized spacial score (nSPS) is 11.0. The lowest BCUT2D eigenvalue weighted by atomic mass is 10.2. The smallest absolute Gasteiger partial charge is 0.248 e. The van der Waals surface area contributed by atoms with Crippen molar-refractivity contribution in [2.24, 2.45) is 0 Å². The molecule has 0 aliphatic heterocycles. The maximum Gasteiger partial charge on any atom is 0.248 e. The lowest BCUT2D eigenvalue weighted by Crippen LogP contribution is -2.08. The van der Waals surface area contributed by atoms with Crippen LogP contribution >= 0.6 is 23.2 Å². The predicted molar refractivity (Wildman–Crippen MR) is 107 cm³/mol. The van der Waals surface area contributed by atoms with Crippen molar-refractivity contribution in [3.05, 3.63) is 87.7 Å². The number of halogens is 2. The Morgan fingerprint density at radius 2 is 1.81 bits per heavy atom. The number of para-hydroxylation sites is 1. The van der Waals surface area contributed by atoms with E-state index in [1.54, 1.807) is 35.0 Å². The van der Waals surface area contributed by atoms with E-state index in [4.69, 9.17) is 23.2 Å². The summed E-state index contributed by atoms with van der Waals surface area (Å²) in [6, 6.07) is 17.0. The van der Waals surface area contributed by atoms with Crippen molar-refractivity contribution in [2.45, 2.75) is 13.5 Å². The molecule has 0 unspecified atom stereocenters. The third kappa shape index (κ3) is 4.34. The quantitative estimate of drug-likeness (QED) is 0.613. The molecular weight excluding hydrogens is 369 g/mol. The number of nitrogens with zero attached hydrogens (tertiary/aromatic N) is 2. The Labute approximate surface area is 162 Å². The number of amides is 1. The number of benzene rings is 2. The van der Waals surface area contributed by atoms with Gasteiger partial charge < -0.3 is 5.32 Å². The number of hydrogen-bond donors (Lipinski definition) is 1.